The topological polar surface area (TPSA) is 68.7 Å². The number of fused-ring (bicyclic) bond motifs is 1. The molecule has 0 saturated carbocycles. The second-order valence-electron chi connectivity index (χ2n) is 5.42. The predicted octanol–water partition coefficient (Wildman–Crippen LogP) is 3.54. The molecule has 0 bridgehead atoms. The molecule has 1 aromatic carbocycles. The summed E-state index contributed by atoms with van der Waals surface area (Å²) in [4.78, 5) is 29.9. The Morgan fingerprint density at radius 2 is 1.92 bits per heavy atom. The van der Waals surface area contributed by atoms with Crippen LogP contribution >= 0.6 is 0 Å². The summed E-state index contributed by atoms with van der Waals surface area (Å²) < 4.78 is 11.0. The van der Waals surface area contributed by atoms with Crippen LogP contribution in [0.25, 0.3) is 6.08 Å². The van der Waals surface area contributed by atoms with Crippen LogP contribution in [0.5, 0.6) is 11.5 Å². The van der Waals surface area contributed by atoms with Gasteiger partial charge in [-0.25, -0.2) is 4.79 Å². The summed E-state index contributed by atoms with van der Waals surface area (Å²) in [6, 6.07) is 8.32. The van der Waals surface area contributed by atoms with Crippen LogP contribution in [-0.2, 0) is 0 Å². The van der Waals surface area contributed by atoms with E-state index in [-0.39, 0.29) is 11.5 Å². The van der Waals surface area contributed by atoms with Gasteiger partial charge in [0.05, 0.1) is 5.56 Å². The summed E-state index contributed by atoms with van der Waals surface area (Å²) in [5.41, 5.74) is 1.27. The third-order valence-electron chi connectivity index (χ3n) is 3.87. The predicted molar refractivity (Wildman–Crippen MR) is 92.6 cm³/mol. The number of nitrogens with zero attached hydrogens (tertiary/aromatic N) is 2. The van der Waals surface area contributed by atoms with E-state index < -0.39 is 6.09 Å². The van der Waals surface area contributed by atoms with Gasteiger partial charge in [-0.1, -0.05) is 0 Å². The minimum Gasteiger partial charge on any atom is -0.452 e. The lowest BCUT2D eigenvalue weighted by molar-refractivity contribution is 0.101. The quantitative estimate of drug-likeness (QED) is 0.798. The fourth-order valence-corrected chi connectivity index (χ4v) is 2.49. The van der Waals surface area contributed by atoms with Crippen LogP contribution in [0.15, 0.2) is 48.5 Å². The summed E-state index contributed by atoms with van der Waals surface area (Å²) in [7, 11) is 0. The number of hydrogen-bond acceptors (Lipinski definition) is 5. The second-order valence-corrected chi connectivity index (χ2v) is 5.42. The molecule has 0 saturated heterocycles. The summed E-state index contributed by atoms with van der Waals surface area (Å²) in [5.74, 6) is 0.755. The van der Waals surface area contributed by atoms with E-state index in [4.69, 9.17) is 9.47 Å². The third-order valence-corrected chi connectivity index (χ3v) is 3.87. The highest BCUT2D eigenvalue weighted by molar-refractivity contribution is 6.14. The summed E-state index contributed by atoms with van der Waals surface area (Å²) in [5, 5.41) is 0. The monoisotopic (exact) mass is 338 g/mol. The Kier molecular flexibility index (Phi) is 4.79. The van der Waals surface area contributed by atoms with Crippen LogP contribution < -0.4 is 9.47 Å². The van der Waals surface area contributed by atoms with Gasteiger partial charge in [-0.05, 0) is 49.8 Å². The minimum absolute atomic E-state index is 0.201. The zero-order valence-corrected chi connectivity index (χ0v) is 14.1. The zero-order chi connectivity index (χ0) is 17.8. The lowest BCUT2D eigenvalue weighted by Gasteiger charge is -2.17. The van der Waals surface area contributed by atoms with Gasteiger partial charge in [-0.3, -0.25) is 9.78 Å². The smallest absolute Gasteiger partial charge is 0.415 e. The van der Waals surface area contributed by atoms with Crippen LogP contribution in [0.2, 0.25) is 0 Å². The number of benzene rings is 1. The molecule has 0 spiro atoms. The molecule has 1 aliphatic rings. The molecule has 2 aromatic rings. The number of rotatable bonds is 4. The Balaban J connectivity index is 1.80. The molecule has 128 valence electrons. The fourth-order valence-electron chi connectivity index (χ4n) is 2.49. The highest BCUT2D eigenvalue weighted by atomic mass is 16.6. The second kappa shape index (κ2) is 7.17. The first-order valence-electron chi connectivity index (χ1n) is 8.07. The van der Waals surface area contributed by atoms with E-state index in [0.717, 1.165) is 5.56 Å². The molecule has 0 N–H and O–H groups in total. The average Bonchev–Trinajstić information content (AvgIpc) is 2.92. The van der Waals surface area contributed by atoms with Crippen molar-refractivity contribution in [3.05, 3.63) is 59.6 Å². The van der Waals surface area contributed by atoms with Gasteiger partial charge in [0, 0.05) is 31.5 Å². The minimum atomic E-state index is -0.429. The fraction of sp³-hybridized carbons (Fsp3) is 0.211. The molecule has 6 heteroatoms. The van der Waals surface area contributed by atoms with Crippen LogP contribution in [0.3, 0.4) is 0 Å². The highest BCUT2D eigenvalue weighted by Gasteiger charge is 2.28. The molecule has 3 rings (SSSR count). The number of hydrogen-bond donors (Lipinski definition) is 0. The van der Waals surface area contributed by atoms with Gasteiger partial charge in [-0.2, -0.15) is 0 Å². The normalized spacial score (nSPS) is 14.2. The molecule has 2 heterocycles. The Labute approximate surface area is 145 Å². The molecular weight excluding hydrogens is 320 g/mol. The van der Waals surface area contributed by atoms with Gasteiger partial charge >= 0.3 is 6.09 Å². The van der Waals surface area contributed by atoms with Gasteiger partial charge in [0.15, 0.2) is 5.76 Å². The largest absolute Gasteiger partial charge is 0.452 e. The van der Waals surface area contributed by atoms with E-state index in [1.165, 1.54) is 0 Å². The van der Waals surface area contributed by atoms with Crippen LogP contribution in [0.4, 0.5) is 4.79 Å². The Hall–Kier alpha value is -3.15. The van der Waals surface area contributed by atoms with Gasteiger partial charge in [-0.15, -0.1) is 0 Å². The van der Waals surface area contributed by atoms with Gasteiger partial charge < -0.3 is 14.4 Å². The Morgan fingerprint density at radius 3 is 2.60 bits per heavy atom. The Morgan fingerprint density at radius 1 is 1.20 bits per heavy atom. The molecule has 0 aliphatic carbocycles. The van der Waals surface area contributed by atoms with Gasteiger partial charge in [0.2, 0.25) is 5.78 Å². The number of ether oxygens (including phenoxy) is 2. The molecule has 0 unspecified atom stereocenters. The van der Waals surface area contributed by atoms with Crippen molar-refractivity contribution < 1.29 is 19.1 Å². The van der Waals surface area contributed by atoms with Gasteiger partial charge in [0.1, 0.15) is 11.5 Å². The average molecular weight is 338 g/mol. The first-order chi connectivity index (χ1) is 12.1. The van der Waals surface area contributed by atoms with Crippen molar-refractivity contribution >= 4 is 18.0 Å². The summed E-state index contributed by atoms with van der Waals surface area (Å²) in [6.45, 7) is 4.89. The van der Waals surface area contributed by atoms with E-state index in [9.17, 15) is 9.59 Å². The SMILES string of the molecule is CCN(CC)C(=O)Oc1ccc2c(c1)O/C(=C\c1ccncc1)C2=O. The van der Waals surface area contributed by atoms with Crippen molar-refractivity contribution in [1.29, 1.82) is 0 Å². The van der Waals surface area contributed by atoms with Crippen molar-refractivity contribution in [2.75, 3.05) is 13.1 Å². The highest BCUT2D eigenvalue weighted by Crippen LogP contribution is 2.35. The molecular formula is C19H18N2O4. The van der Waals surface area contributed by atoms with Crippen molar-refractivity contribution in [1.82, 2.24) is 9.88 Å². The lowest BCUT2D eigenvalue weighted by atomic mass is 10.1. The maximum atomic E-state index is 12.4. The number of carbonyl (C=O) groups excluding carboxylic acids is 2. The Bertz CT molecular complexity index is 827. The van der Waals surface area contributed by atoms with Crippen molar-refractivity contribution in [3.63, 3.8) is 0 Å². The molecule has 6 nitrogen and oxygen atoms in total. The van der Waals surface area contributed by atoms with E-state index in [1.807, 2.05) is 13.8 Å². The van der Waals surface area contributed by atoms with Crippen LogP contribution in [0.1, 0.15) is 29.8 Å². The maximum absolute atomic E-state index is 12.4. The molecule has 1 aromatic heterocycles. The molecule has 1 aliphatic heterocycles. The standard InChI is InChI=1S/C19H18N2O4/c1-3-21(4-2)19(23)24-14-5-6-15-16(12-14)25-17(18(15)22)11-13-7-9-20-10-8-13/h5-12H,3-4H2,1-2H3/b17-11-. The van der Waals surface area contributed by atoms with Crippen LogP contribution in [0, 0.1) is 0 Å². The van der Waals surface area contributed by atoms with E-state index in [0.29, 0.717) is 30.2 Å². The lowest BCUT2D eigenvalue weighted by Crippen LogP contribution is -2.33. The van der Waals surface area contributed by atoms with E-state index in [1.54, 1.807) is 53.7 Å². The number of ketones is 1. The molecule has 25 heavy (non-hydrogen) atoms. The number of carbonyl (C=O) groups is 2. The van der Waals surface area contributed by atoms with Crippen LogP contribution in [-0.4, -0.2) is 34.8 Å². The third kappa shape index (κ3) is 3.52. The van der Waals surface area contributed by atoms with Gasteiger partial charge in [0.25, 0.3) is 0 Å². The first kappa shape index (κ1) is 16.7. The number of Topliss-reactive ketones (excluding diaryl/α,β-unsaturated/α-hetero) is 1. The van der Waals surface area contributed by atoms with Crippen molar-refractivity contribution in [2.24, 2.45) is 0 Å². The molecule has 0 fully saturated rings. The number of aromatic nitrogens is 1. The summed E-state index contributed by atoms with van der Waals surface area (Å²) >= 11 is 0. The summed E-state index contributed by atoms with van der Waals surface area (Å²) in [6.07, 6.45) is 4.51. The number of pyridine rings is 1. The number of allylic oxidation sites excluding steroid dienone is 1. The van der Waals surface area contributed by atoms with Crippen molar-refractivity contribution in [2.45, 2.75) is 13.8 Å². The number of amides is 1. The molecule has 0 radical (unpaired) electrons. The first-order valence-corrected chi connectivity index (χ1v) is 8.07. The van der Waals surface area contributed by atoms with E-state index >= 15 is 0 Å². The maximum Gasteiger partial charge on any atom is 0.415 e. The molecule has 0 atom stereocenters. The zero-order valence-electron chi connectivity index (χ0n) is 14.1. The van der Waals surface area contributed by atoms with Crippen molar-refractivity contribution in [3.8, 4) is 11.5 Å². The van der Waals surface area contributed by atoms with E-state index in [2.05, 4.69) is 4.98 Å². The molecule has 1 amide bonds.